The van der Waals surface area contributed by atoms with Crippen LogP contribution in [0.15, 0.2) is 53.6 Å². The zero-order valence-electron chi connectivity index (χ0n) is 13.9. The summed E-state index contributed by atoms with van der Waals surface area (Å²) in [6, 6.07) is 9.03. The molecule has 0 aliphatic carbocycles. The summed E-state index contributed by atoms with van der Waals surface area (Å²) < 4.78 is 35.4. The third kappa shape index (κ3) is 3.04. The van der Waals surface area contributed by atoms with Gasteiger partial charge in [0.25, 0.3) is 5.56 Å². The lowest BCUT2D eigenvalue weighted by Crippen LogP contribution is -2.22. The van der Waals surface area contributed by atoms with Crippen LogP contribution in [0, 0.1) is 11.6 Å². The molecule has 0 radical (unpaired) electrons. The number of aromatic nitrogens is 4. The van der Waals surface area contributed by atoms with E-state index < -0.39 is 17.2 Å². The van der Waals surface area contributed by atoms with E-state index in [0.29, 0.717) is 16.8 Å². The van der Waals surface area contributed by atoms with Crippen LogP contribution in [-0.2, 0) is 7.05 Å². The molecular formula is C18H11ClF2N4O2. The van der Waals surface area contributed by atoms with Crippen molar-refractivity contribution >= 4 is 22.8 Å². The first-order valence-electron chi connectivity index (χ1n) is 7.77. The van der Waals surface area contributed by atoms with Crippen molar-refractivity contribution in [3.05, 3.63) is 75.8 Å². The number of benzene rings is 2. The number of halogens is 3. The first-order valence-corrected chi connectivity index (χ1v) is 8.15. The molecule has 0 fully saturated rings. The van der Waals surface area contributed by atoms with Gasteiger partial charge in [-0.2, -0.15) is 4.98 Å². The smallest absolute Gasteiger partial charge is 0.311 e. The van der Waals surface area contributed by atoms with Gasteiger partial charge in [0.2, 0.25) is 0 Å². The Morgan fingerprint density at radius 2 is 1.85 bits per heavy atom. The second-order valence-electron chi connectivity index (χ2n) is 5.72. The maximum Gasteiger partial charge on any atom is 0.311 e. The topological polar surface area (TPSA) is 61.9 Å². The molecule has 0 saturated carbocycles. The van der Waals surface area contributed by atoms with Gasteiger partial charge < -0.3 is 9.30 Å². The summed E-state index contributed by atoms with van der Waals surface area (Å²) in [7, 11) is 1.66. The highest BCUT2D eigenvalue weighted by Gasteiger charge is 2.19. The van der Waals surface area contributed by atoms with E-state index in [9.17, 15) is 13.6 Å². The summed E-state index contributed by atoms with van der Waals surface area (Å²) >= 11 is 5.91. The number of hydrogen-bond acceptors (Lipinski definition) is 4. The molecular weight excluding hydrogens is 378 g/mol. The van der Waals surface area contributed by atoms with Gasteiger partial charge >= 0.3 is 6.01 Å². The molecule has 6 nitrogen and oxygen atoms in total. The normalized spacial score (nSPS) is 11.1. The standard InChI is InChI=1S/C18H11ClF2N4O2/c1-24-9-22-15-16(24)23-18(27-14-7-4-11(20)8-13(14)21)25(17(15)26)12-5-2-10(19)3-6-12/h2-9H,1H3. The lowest BCUT2D eigenvalue weighted by Gasteiger charge is -2.13. The molecule has 2 aromatic heterocycles. The van der Waals surface area contributed by atoms with Crippen molar-refractivity contribution in [3.63, 3.8) is 0 Å². The predicted molar refractivity (Wildman–Crippen MR) is 95.5 cm³/mol. The number of nitrogens with zero attached hydrogens (tertiary/aromatic N) is 4. The van der Waals surface area contributed by atoms with E-state index in [1.165, 1.54) is 10.9 Å². The van der Waals surface area contributed by atoms with Crippen molar-refractivity contribution in [2.45, 2.75) is 0 Å². The van der Waals surface area contributed by atoms with Gasteiger partial charge in [-0.3, -0.25) is 4.79 Å². The van der Waals surface area contributed by atoms with Gasteiger partial charge in [0.05, 0.1) is 12.0 Å². The van der Waals surface area contributed by atoms with Crippen LogP contribution in [0.5, 0.6) is 11.8 Å². The van der Waals surface area contributed by atoms with Crippen LogP contribution in [0.25, 0.3) is 16.9 Å². The number of hydrogen-bond donors (Lipinski definition) is 0. The number of fused-ring (bicyclic) bond motifs is 1. The van der Waals surface area contributed by atoms with Gasteiger partial charge in [0, 0.05) is 18.1 Å². The maximum atomic E-state index is 14.0. The summed E-state index contributed by atoms with van der Waals surface area (Å²) in [4.78, 5) is 21.3. The number of imidazole rings is 1. The number of rotatable bonds is 3. The Bertz CT molecular complexity index is 1220. The van der Waals surface area contributed by atoms with Crippen molar-refractivity contribution in [1.29, 1.82) is 0 Å². The van der Waals surface area contributed by atoms with Crippen molar-refractivity contribution in [2.75, 3.05) is 0 Å². The SMILES string of the molecule is Cn1cnc2c(=O)n(-c3ccc(Cl)cc3)c(Oc3ccc(F)cc3F)nc21. The maximum absolute atomic E-state index is 14.0. The van der Waals surface area contributed by atoms with Crippen LogP contribution >= 0.6 is 11.6 Å². The highest BCUT2D eigenvalue weighted by atomic mass is 35.5. The summed E-state index contributed by atoms with van der Waals surface area (Å²) in [5, 5.41) is 0.478. The second-order valence-corrected chi connectivity index (χ2v) is 6.15. The molecule has 136 valence electrons. The predicted octanol–water partition coefficient (Wildman–Crippen LogP) is 3.84. The number of aryl methyl sites for hydroxylation is 1. The molecule has 27 heavy (non-hydrogen) atoms. The molecule has 9 heteroatoms. The Hall–Kier alpha value is -3.26. The molecule has 0 unspecified atom stereocenters. The van der Waals surface area contributed by atoms with E-state index in [1.807, 2.05) is 0 Å². The van der Waals surface area contributed by atoms with E-state index in [-0.39, 0.29) is 22.9 Å². The zero-order valence-corrected chi connectivity index (χ0v) is 14.6. The van der Waals surface area contributed by atoms with Gasteiger partial charge in [-0.25, -0.2) is 18.3 Å². The Morgan fingerprint density at radius 3 is 2.56 bits per heavy atom. The quantitative estimate of drug-likeness (QED) is 0.535. The lowest BCUT2D eigenvalue weighted by atomic mass is 10.3. The Morgan fingerprint density at radius 1 is 1.11 bits per heavy atom. The van der Waals surface area contributed by atoms with Gasteiger partial charge in [-0.1, -0.05) is 11.6 Å². The minimum Gasteiger partial charge on any atom is -0.422 e. The van der Waals surface area contributed by atoms with Crippen molar-refractivity contribution in [2.24, 2.45) is 7.05 Å². The highest BCUT2D eigenvalue weighted by molar-refractivity contribution is 6.30. The molecule has 4 rings (SSSR count). The average molecular weight is 389 g/mol. The Kier molecular flexibility index (Phi) is 4.12. The molecule has 2 heterocycles. The van der Waals surface area contributed by atoms with Crippen molar-refractivity contribution in [1.82, 2.24) is 19.1 Å². The van der Waals surface area contributed by atoms with Gasteiger partial charge in [0.1, 0.15) is 5.82 Å². The molecule has 0 atom stereocenters. The van der Waals surface area contributed by atoms with Gasteiger partial charge in [-0.05, 0) is 36.4 Å². The van der Waals surface area contributed by atoms with Crippen LogP contribution in [0.3, 0.4) is 0 Å². The molecule has 2 aromatic carbocycles. The van der Waals surface area contributed by atoms with Gasteiger partial charge in [-0.15, -0.1) is 0 Å². The largest absolute Gasteiger partial charge is 0.422 e. The van der Waals surface area contributed by atoms with Crippen molar-refractivity contribution < 1.29 is 13.5 Å². The average Bonchev–Trinajstić information content (AvgIpc) is 3.00. The fourth-order valence-corrected chi connectivity index (χ4v) is 2.71. The molecule has 4 aromatic rings. The van der Waals surface area contributed by atoms with Crippen LogP contribution in [-0.4, -0.2) is 19.1 Å². The lowest BCUT2D eigenvalue weighted by molar-refractivity contribution is 0.396. The van der Waals surface area contributed by atoms with Crippen LogP contribution < -0.4 is 10.3 Å². The third-order valence-electron chi connectivity index (χ3n) is 3.88. The summed E-state index contributed by atoms with van der Waals surface area (Å²) in [6.45, 7) is 0. The highest BCUT2D eigenvalue weighted by Crippen LogP contribution is 2.26. The molecule has 0 N–H and O–H groups in total. The van der Waals surface area contributed by atoms with Crippen molar-refractivity contribution in [3.8, 4) is 17.4 Å². The summed E-state index contributed by atoms with van der Waals surface area (Å²) in [5.41, 5.74) is 0.296. The fourth-order valence-electron chi connectivity index (χ4n) is 2.58. The number of ether oxygens (including phenoxy) is 1. The Labute approximate surface area is 156 Å². The van der Waals surface area contributed by atoms with E-state index in [4.69, 9.17) is 16.3 Å². The van der Waals surface area contributed by atoms with Gasteiger partial charge in [0.15, 0.2) is 22.7 Å². The van der Waals surface area contributed by atoms with Crippen LogP contribution in [0.2, 0.25) is 5.02 Å². The first-order chi connectivity index (χ1) is 12.9. The second kappa shape index (κ2) is 6.48. The third-order valence-corrected chi connectivity index (χ3v) is 4.14. The summed E-state index contributed by atoms with van der Waals surface area (Å²) in [5.74, 6) is -1.94. The molecule has 0 amide bonds. The molecule has 0 saturated heterocycles. The Balaban J connectivity index is 1.96. The minimum absolute atomic E-state index is 0.124. The molecule has 0 bridgehead atoms. The minimum atomic E-state index is -0.919. The van der Waals surface area contributed by atoms with E-state index in [0.717, 1.165) is 16.7 Å². The molecule has 0 aliphatic rings. The first kappa shape index (κ1) is 17.2. The zero-order chi connectivity index (χ0) is 19.1. The van der Waals surface area contributed by atoms with E-state index in [1.54, 1.807) is 31.3 Å². The monoisotopic (exact) mass is 388 g/mol. The molecule has 0 aliphatic heterocycles. The van der Waals surface area contributed by atoms with E-state index >= 15 is 0 Å². The van der Waals surface area contributed by atoms with E-state index in [2.05, 4.69) is 9.97 Å². The summed E-state index contributed by atoms with van der Waals surface area (Å²) in [6.07, 6.45) is 1.44. The van der Waals surface area contributed by atoms with Crippen LogP contribution in [0.1, 0.15) is 0 Å². The fraction of sp³-hybridized carbons (Fsp3) is 0.0556. The molecule has 0 spiro atoms. The van der Waals surface area contributed by atoms with Crippen LogP contribution in [0.4, 0.5) is 8.78 Å².